The molecule has 2 rings (SSSR count). The van der Waals surface area contributed by atoms with Crippen LogP contribution in [0.2, 0.25) is 0 Å². The topological polar surface area (TPSA) is 70.7 Å². The van der Waals surface area contributed by atoms with E-state index in [1.807, 2.05) is 49.1 Å². The fraction of sp³-hybridized carbons (Fsp3) is 0.556. The van der Waals surface area contributed by atoms with Crippen LogP contribution in [0.15, 0.2) is 30.3 Å². The van der Waals surface area contributed by atoms with Crippen molar-refractivity contribution in [1.82, 2.24) is 15.5 Å². The first kappa shape index (κ1) is 18.1. The van der Waals surface area contributed by atoms with Gasteiger partial charge in [0.25, 0.3) is 0 Å². The molecule has 0 saturated carbocycles. The molecule has 1 aromatic carbocycles. The third kappa shape index (κ3) is 6.10. The Bertz CT molecular complexity index is 526. The number of hydrogen-bond donors (Lipinski definition) is 2. The molecule has 1 saturated heterocycles. The van der Waals surface area contributed by atoms with Crippen LogP contribution >= 0.6 is 0 Å². The lowest BCUT2D eigenvalue weighted by Gasteiger charge is -2.32. The van der Waals surface area contributed by atoms with Gasteiger partial charge < -0.3 is 20.3 Å². The zero-order valence-corrected chi connectivity index (χ0v) is 14.5. The van der Waals surface area contributed by atoms with E-state index in [0.717, 1.165) is 18.6 Å². The zero-order chi connectivity index (χ0) is 17.4. The summed E-state index contributed by atoms with van der Waals surface area (Å²) in [6, 6.07) is 9.62. The summed E-state index contributed by atoms with van der Waals surface area (Å²) in [4.78, 5) is 25.8. The third-order valence-corrected chi connectivity index (χ3v) is 3.93. The summed E-state index contributed by atoms with van der Waals surface area (Å²) in [7, 11) is 0. The number of piperidine rings is 1. The molecule has 1 fully saturated rings. The van der Waals surface area contributed by atoms with E-state index in [0.29, 0.717) is 26.1 Å². The highest BCUT2D eigenvalue weighted by Gasteiger charge is 2.23. The van der Waals surface area contributed by atoms with Crippen LogP contribution < -0.4 is 15.4 Å². The van der Waals surface area contributed by atoms with Gasteiger partial charge in [-0.3, -0.25) is 4.79 Å². The highest BCUT2D eigenvalue weighted by molar-refractivity contribution is 5.76. The van der Waals surface area contributed by atoms with Crippen molar-refractivity contribution >= 4 is 11.9 Å². The van der Waals surface area contributed by atoms with Crippen LogP contribution in [0.5, 0.6) is 5.75 Å². The molecule has 0 aromatic heterocycles. The first-order valence-electron chi connectivity index (χ1n) is 8.57. The number of carbonyl (C=O) groups excluding carboxylic acids is 2. The lowest BCUT2D eigenvalue weighted by molar-refractivity contribution is -0.132. The number of rotatable bonds is 6. The van der Waals surface area contributed by atoms with E-state index in [2.05, 4.69) is 10.6 Å². The quantitative estimate of drug-likeness (QED) is 0.838. The highest BCUT2D eigenvalue weighted by atomic mass is 16.5. The second-order valence-electron chi connectivity index (χ2n) is 6.34. The van der Waals surface area contributed by atoms with Gasteiger partial charge in [0, 0.05) is 25.2 Å². The van der Waals surface area contributed by atoms with Gasteiger partial charge in [-0.15, -0.1) is 0 Å². The van der Waals surface area contributed by atoms with Gasteiger partial charge in [0.05, 0.1) is 13.0 Å². The number of nitrogens with one attached hydrogen (secondary N) is 2. The second-order valence-corrected chi connectivity index (χ2v) is 6.34. The van der Waals surface area contributed by atoms with Crippen molar-refractivity contribution in [3.63, 3.8) is 0 Å². The van der Waals surface area contributed by atoms with Crippen LogP contribution in [-0.4, -0.2) is 48.6 Å². The molecule has 0 spiro atoms. The average Bonchev–Trinajstić information content (AvgIpc) is 2.55. The molecule has 24 heavy (non-hydrogen) atoms. The minimum absolute atomic E-state index is 0.107. The smallest absolute Gasteiger partial charge is 0.315 e. The Hall–Kier alpha value is -2.24. The van der Waals surface area contributed by atoms with E-state index in [-0.39, 0.29) is 24.0 Å². The molecular weight excluding hydrogens is 306 g/mol. The number of carbonyl (C=O) groups is 2. The predicted molar refractivity (Wildman–Crippen MR) is 93.0 cm³/mol. The summed E-state index contributed by atoms with van der Waals surface area (Å²) in [5, 5.41) is 5.78. The van der Waals surface area contributed by atoms with Crippen LogP contribution in [0, 0.1) is 0 Å². The van der Waals surface area contributed by atoms with Crippen LogP contribution in [0.3, 0.4) is 0 Å². The maximum Gasteiger partial charge on any atom is 0.315 e. The molecule has 1 heterocycles. The molecule has 0 unspecified atom stereocenters. The maximum atomic E-state index is 12.2. The number of hydrogen-bond acceptors (Lipinski definition) is 3. The molecule has 3 amide bonds. The monoisotopic (exact) mass is 333 g/mol. The molecule has 1 aliphatic rings. The van der Waals surface area contributed by atoms with Crippen molar-refractivity contribution in [2.45, 2.75) is 45.2 Å². The summed E-state index contributed by atoms with van der Waals surface area (Å²) in [6.45, 7) is 5.60. The van der Waals surface area contributed by atoms with Gasteiger partial charge in [-0.05, 0) is 38.8 Å². The molecule has 1 aliphatic heterocycles. The molecule has 0 bridgehead atoms. The zero-order valence-electron chi connectivity index (χ0n) is 14.5. The second kappa shape index (κ2) is 9.15. The Morgan fingerprint density at radius 2 is 1.88 bits per heavy atom. The fourth-order valence-corrected chi connectivity index (χ4v) is 2.69. The maximum absolute atomic E-state index is 12.2. The normalized spacial score (nSPS) is 15.2. The standard InChI is InChI=1S/C18H27N3O3/c1-14(2)19-18(23)20-15-8-11-21(12-9-15)17(22)10-13-24-16-6-4-3-5-7-16/h3-7,14-15H,8-13H2,1-2H3,(H2,19,20,23). The van der Waals surface area contributed by atoms with Crippen LogP contribution in [0.1, 0.15) is 33.1 Å². The minimum atomic E-state index is -0.133. The fourth-order valence-electron chi connectivity index (χ4n) is 2.69. The molecule has 6 heteroatoms. The molecule has 1 aromatic rings. The Morgan fingerprint density at radius 1 is 1.21 bits per heavy atom. The Kier molecular flexibility index (Phi) is 6.90. The van der Waals surface area contributed by atoms with Crippen molar-refractivity contribution in [3.05, 3.63) is 30.3 Å². The molecule has 0 atom stereocenters. The Balaban J connectivity index is 1.64. The van der Waals surface area contributed by atoms with Crippen molar-refractivity contribution in [1.29, 1.82) is 0 Å². The van der Waals surface area contributed by atoms with Crippen molar-refractivity contribution in [3.8, 4) is 5.75 Å². The summed E-state index contributed by atoms with van der Waals surface area (Å²) in [5.41, 5.74) is 0. The molecule has 6 nitrogen and oxygen atoms in total. The van der Waals surface area contributed by atoms with E-state index in [4.69, 9.17) is 4.74 Å². The van der Waals surface area contributed by atoms with Crippen LogP contribution in [-0.2, 0) is 4.79 Å². The summed E-state index contributed by atoms with van der Waals surface area (Å²) in [6.07, 6.45) is 1.95. The number of likely N-dealkylation sites (tertiary alicyclic amines) is 1. The predicted octanol–water partition coefficient (Wildman–Crippen LogP) is 2.15. The van der Waals surface area contributed by atoms with Gasteiger partial charge in [-0.25, -0.2) is 4.79 Å². The number of benzene rings is 1. The first-order valence-corrected chi connectivity index (χ1v) is 8.57. The van der Waals surface area contributed by atoms with Gasteiger partial charge in [-0.1, -0.05) is 18.2 Å². The Labute approximate surface area is 143 Å². The minimum Gasteiger partial charge on any atom is -0.493 e. The number of amides is 3. The molecule has 2 N–H and O–H groups in total. The van der Waals surface area contributed by atoms with Gasteiger partial charge in [0.15, 0.2) is 0 Å². The number of ether oxygens (including phenoxy) is 1. The van der Waals surface area contributed by atoms with E-state index in [9.17, 15) is 9.59 Å². The third-order valence-electron chi connectivity index (χ3n) is 3.93. The lowest BCUT2D eigenvalue weighted by Crippen LogP contribution is -2.50. The van der Waals surface area contributed by atoms with E-state index in [1.165, 1.54) is 0 Å². The molecular formula is C18H27N3O3. The van der Waals surface area contributed by atoms with E-state index in [1.54, 1.807) is 0 Å². The number of urea groups is 1. The first-order chi connectivity index (χ1) is 11.5. The van der Waals surface area contributed by atoms with Gasteiger partial charge in [0.1, 0.15) is 5.75 Å². The van der Waals surface area contributed by atoms with Gasteiger partial charge in [0.2, 0.25) is 5.91 Å². The Morgan fingerprint density at radius 3 is 2.50 bits per heavy atom. The van der Waals surface area contributed by atoms with E-state index >= 15 is 0 Å². The average molecular weight is 333 g/mol. The SMILES string of the molecule is CC(C)NC(=O)NC1CCN(C(=O)CCOc2ccccc2)CC1. The highest BCUT2D eigenvalue weighted by Crippen LogP contribution is 2.13. The van der Waals surface area contributed by atoms with Crippen molar-refractivity contribution < 1.29 is 14.3 Å². The van der Waals surface area contributed by atoms with Crippen molar-refractivity contribution in [2.24, 2.45) is 0 Å². The summed E-state index contributed by atoms with van der Waals surface area (Å²) in [5.74, 6) is 0.889. The summed E-state index contributed by atoms with van der Waals surface area (Å²) < 4.78 is 5.57. The number of para-hydroxylation sites is 1. The molecule has 0 radical (unpaired) electrons. The van der Waals surface area contributed by atoms with Crippen molar-refractivity contribution in [2.75, 3.05) is 19.7 Å². The van der Waals surface area contributed by atoms with Gasteiger partial charge in [-0.2, -0.15) is 0 Å². The summed E-state index contributed by atoms with van der Waals surface area (Å²) >= 11 is 0. The molecule has 0 aliphatic carbocycles. The van der Waals surface area contributed by atoms with Gasteiger partial charge >= 0.3 is 6.03 Å². The number of nitrogens with zero attached hydrogens (tertiary/aromatic N) is 1. The lowest BCUT2D eigenvalue weighted by atomic mass is 10.0. The van der Waals surface area contributed by atoms with Crippen LogP contribution in [0.4, 0.5) is 4.79 Å². The largest absolute Gasteiger partial charge is 0.493 e. The van der Waals surface area contributed by atoms with E-state index < -0.39 is 0 Å². The van der Waals surface area contributed by atoms with Crippen LogP contribution in [0.25, 0.3) is 0 Å². The molecule has 132 valence electrons.